The van der Waals surface area contributed by atoms with Crippen molar-refractivity contribution in [2.75, 3.05) is 10.6 Å². The monoisotopic (exact) mass is 405 g/mol. The molecule has 31 heavy (non-hydrogen) atoms. The molecule has 1 aliphatic heterocycles. The number of anilines is 2. The molecule has 2 aromatic carbocycles. The Bertz CT molecular complexity index is 1360. The molecule has 150 valence electrons. The number of hydrogen-bond donors (Lipinski definition) is 2. The lowest BCUT2D eigenvalue weighted by Gasteiger charge is -2.18. The van der Waals surface area contributed by atoms with Gasteiger partial charge < -0.3 is 10.6 Å². The van der Waals surface area contributed by atoms with E-state index in [0.29, 0.717) is 12.0 Å². The first-order chi connectivity index (χ1) is 15.1. The van der Waals surface area contributed by atoms with Gasteiger partial charge in [-0.2, -0.15) is 5.26 Å². The summed E-state index contributed by atoms with van der Waals surface area (Å²) in [6.07, 6.45) is 3.70. The van der Waals surface area contributed by atoms with E-state index < -0.39 is 0 Å². The minimum Gasteiger partial charge on any atom is -0.377 e. The van der Waals surface area contributed by atoms with Crippen LogP contribution >= 0.6 is 0 Å². The summed E-state index contributed by atoms with van der Waals surface area (Å²) < 4.78 is 0. The van der Waals surface area contributed by atoms with Crippen molar-refractivity contribution in [1.29, 1.82) is 5.26 Å². The molecule has 0 saturated heterocycles. The first kappa shape index (κ1) is 18.8. The summed E-state index contributed by atoms with van der Waals surface area (Å²) in [5, 5.41) is 16.9. The number of benzene rings is 2. The Morgan fingerprint density at radius 3 is 2.71 bits per heavy atom. The Labute approximate surface area is 179 Å². The molecular weight excluding hydrogens is 386 g/mol. The molecule has 4 aromatic rings. The van der Waals surface area contributed by atoms with Gasteiger partial charge in [0.1, 0.15) is 6.07 Å². The standard InChI is InChI=1S/C25H19N5O/c1-15(16-5-3-2-4-6-16)29-25-19(12-26)14-27-21-8-7-17(9-20(21)25)18-10-23-22(28-13-18)11-24(31)30-23/h2-10,13-15H,11H2,1H3,(H,27,29)(H,30,31). The topological polar surface area (TPSA) is 90.7 Å². The number of rotatable bonds is 4. The lowest BCUT2D eigenvalue weighted by molar-refractivity contribution is -0.115. The Balaban J connectivity index is 1.59. The smallest absolute Gasteiger partial charge is 0.230 e. The van der Waals surface area contributed by atoms with Gasteiger partial charge in [-0.3, -0.25) is 14.8 Å². The van der Waals surface area contributed by atoms with Crippen molar-refractivity contribution < 1.29 is 4.79 Å². The molecule has 0 radical (unpaired) electrons. The van der Waals surface area contributed by atoms with Crippen molar-refractivity contribution in [3.05, 3.63) is 83.8 Å². The molecule has 1 amide bonds. The fourth-order valence-corrected chi connectivity index (χ4v) is 3.90. The quantitative estimate of drug-likeness (QED) is 0.507. The highest BCUT2D eigenvalue weighted by Crippen LogP contribution is 2.34. The number of nitriles is 1. The van der Waals surface area contributed by atoms with Gasteiger partial charge in [-0.05, 0) is 36.2 Å². The predicted molar refractivity (Wildman–Crippen MR) is 121 cm³/mol. The summed E-state index contributed by atoms with van der Waals surface area (Å²) in [4.78, 5) is 20.6. The van der Waals surface area contributed by atoms with Crippen LogP contribution in [0.5, 0.6) is 0 Å². The van der Waals surface area contributed by atoms with Gasteiger partial charge in [0.05, 0.1) is 34.6 Å². The number of aromatic nitrogens is 2. The summed E-state index contributed by atoms with van der Waals surface area (Å²) in [5.74, 6) is -0.0394. The molecule has 0 saturated carbocycles. The van der Waals surface area contributed by atoms with Crippen LogP contribution in [0.3, 0.4) is 0 Å². The summed E-state index contributed by atoms with van der Waals surface area (Å²) in [7, 11) is 0. The maximum absolute atomic E-state index is 11.7. The number of nitrogens with zero attached hydrogens (tertiary/aromatic N) is 3. The molecule has 1 unspecified atom stereocenters. The molecule has 0 spiro atoms. The molecule has 1 atom stereocenters. The zero-order valence-electron chi connectivity index (χ0n) is 16.9. The van der Waals surface area contributed by atoms with Crippen LogP contribution in [-0.4, -0.2) is 15.9 Å². The van der Waals surface area contributed by atoms with Gasteiger partial charge in [0.2, 0.25) is 5.91 Å². The highest BCUT2D eigenvalue weighted by atomic mass is 16.1. The van der Waals surface area contributed by atoms with Crippen LogP contribution in [0.25, 0.3) is 22.0 Å². The second kappa shape index (κ2) is 7.54. The normalized spacial score (nSPS) is 13.4. The van der Waals surface area contributed by atoms with E-state index in [4.69, 9.17) is 0 Å². The maximum atomic E-state index is 11.7. The first-order valence-electron chi connectivity index (χ1n) is 10.1. The molecular formula is C25H19N5O. The Hall–Kier alpha value is -4.24. The van der Waals surface area contributed by atoms with Crippen LogP contribution in [0.4, 0.5) is 11.4 Å². The summed E-state index contributed by atoms with van der Waals surface area (Å²) in [5.41, 5.74) is 6.53. The van der Waals surface area contributed by atoms with Crippen molar-refractivity contribution in [2.24, 2.45) is 0 Å². The summed E-state index contributed by atoms with van der Waals surface area (Å²) in [6.45, 7) is 2.07. The van der Waals surface area contributed by atoms with Gasteiger partial charge in [0.25, 0.3) is 0 Å². The van der Waals surface area contributed by atoms with Gasteiger partial charge in [-0.15, -0.1) is 0 Å². The highest BCUT2D eigenvalue weighted by molar-refractivity contribution is 6.00. The van der Waals surface area contributed by atoms with Crippen molar-refractivity contribution in [1.82, 2.24) is 9.97 Å². The molecule has 6 nitrogen and oxygen atoms in total. The van der Waals surface area contributed by atoms with E-state index in [0.717, 1.165) is 44.7 Å². The minimum atomic E-state index is -0.0394. The molecule has 2 N–H and O–H groups in total. The molecule has 0 bridgehead atoms. The lowest BCUT2D eigenvalue weighted by atomic mass is 10.0. The molecule has 1 aliphatic rings. The number of pyridine rings is 2. The van der Waals surface area contributed by atoms with Gasteiger partial charge in [-0.25, -0.2) is 0 Å². The fraction of sp³-hybridized carbons (Fsp3) is 0.120. The average molecular weight is 405 g/mol. The number of carbonyl (C=O) groups excluding carboxylic acids is 1. The number of amides is 1. The predicted octanol–water partition coefficient (Wildman–Crippen LogP) is 4.84. The largest absolute Gasteiger partial charge is 0.377 e. The van der Waals surface area contributed by atoms with Crippen molar-refractivity contribution >= 4 is 28.2 Å². The molecule has 3 heterocycles. The van der Waals surface area contributed by atoms with Crippen LogP contribution in [0.2, 0.25) is 0 Å². The Morgan fingerprint density at radius 2 is 1.90 bits per heavy atom. The zero-order chi connectivity index (χ0) is 21.4. The van der Waals surface area contributed by atoms with Crippen LogP contribution in [-0.2, 0) is 11.2 Å². The second-order valence-corrected chi connectivity index (χ2v) is 7.61. The van der Waals surface area contributed by atoms with Crippen LogP contribution in [0.1, 0.15) is 29.8 Å². The van der Waals surface area contributed by atoms with E-state index in [2.05, 4.69) is 45.7 Å². The van der Waals surface area contributed by atoms with Crippen molar-refractivity contribution in [3.8, 4) is 17.2 Å². The number of hydrogen-bond acceptors (Lipinski definition) is 5. The van der Waals surface area contributed by atoms with E-state index in [1.54, 1.807) is 12.4 Å². The van der Waals surface area contributed by atoms with Gasteiger partial charge in [0.15, 0.2) is 0 Å². The minimum absolute atomic E-state index is 0.0134. The van der Waals surface area contributed by atoms with E-state index in [-0.39, 0.29) is 11.9 Å². The molecule has 0 aliphatic carbocycles. The van der Waals surface area contributed by atoms with Gasteiger partial charge in [0, 0.05) is 29.4 Å². The molecule has 2 aromatic heterocycles. The van der Waals surface area contributed by atoms with Crippen molar-refractivity contribution in [3.63, 3.8) is 0 Å². The third-order valence-corrected chi connectivity index (χ3v) is 5.55. The molecule has 6 heteroatoms. The summed E-state index contributed by atoms with van der Waals surface area (Å²) >= 11 is 0. The van der Waals surface area contributed by atoms with Crippen LogP contribution in [0.15, 0.2) is 67.0 Å². The Morgan fingerprint density at radius 1 is 1.06 bits per heavy atom. The number of carbonyl (C=O) groups is 1. The second-order valence-electron chi connectivity index (χ2n) is 7.61. The average Bonchev–Trinajstić information content (AvgIpc) is 3.18. The zero-order valence-corrected chi connectivity index (χ0v) is 16.9. The first-order valence-corrected chi connectivity index (χ1v) is 10.1. The number of nitrogens with one attached hydrogen (secondary N) is 2. The molecule has 5 rings (SSSR count). The number of fused-ring (bicyclic) bond motifs is 2. The van der Waals surface area contributed by atoms with Gasteiger partial charge >= 0.3 is 0 Å². The van der Waals surface area contributed by atoms with Crippen molar-refractivity contribution in [2.45, 2.75) is 19.4 Å². The van der Waals surface area contributed by atoms with E-state index in [9.17, 15) is 10.1 Å². The molecule has 0 fully saturated rings. The summed E-state index contributed by atoms with van der Waals surface area (Å²) in [6, 6.07) is 20.3. The van der Waals surface area contributed by atoms with E-state index in [1.165, 1.54) is 0 Å². The highest BCUT2D eigenvalue weighted by Gasteiger charge is 2.20. The van der Waals surface area contributed by atoms with E-state index in [1.807, 2.05) is 42.5 Å². The maximum Gasteiger partial charge on any atom is 0.230 e. The Kier molecular flexibility index (Phi) is 4.57. The third kappa shape index (κ3) is 3.47. The van der Waals surface area contributed by atoms with Crippen LogP contribution < -0.4 is 10.6 Å². The lowest BCUT2D eigenvalue weighted by Crippen LogP contribution is -2.08. The fourth-order valence-electron chi connectivity index (χ4n) is 3.90. The third-order valence-electron chi connectivity index (χ3n) is 5.55. The van der Waals surface area contributed by atoms with Crippen LogP contribution in [0, 0.1) is 11.3 Å². The van der Waals surface area contributed by atoms with E-state index >= 15 is 0 Å². The SMILES string of the molecule is CC(Nc1c(C#N)cnc2ccc(-c3cnc4c(c3)NC(=O)C4)cc12)c1ccccc1. The van der Waals surface area contributed by atoms with Gasteiger partial charge in [-0.1, -0.05) is 36.4 Å².